The third-order valence-corrected chi connectivity index (χ3v) is 3.53. The molecular weight excluding hydrogens is 226 g/mol. The molecule has 18 heavy (non-hydrogen) atoms. The summed E-state index contributed by atoms with van der Waals surface area (Å²) in [5.74, 6) is 0.602. The summed E-state index contributed by atoms with van der Waals surface area (Å²) in [6, 6.07) is 0.372. The fraction of sp³-hybridized carbons (Fsp3) is 0.692. The van der Waals surface area contributed by atoms with Gasteiger partial charge < -0.3 is 5.73 Å². The number of rotatable bonds is 5. The maximum atomic E-state index is 6.05. The number of aromatic nitrogens is 4. The number of unbranched alkanes of at least 4 members (excludes halogenated alkanes) is 2. The molecular formula is C13H23N5. The van der Waals surface area contributed by atoms with E-state index in [1.165, 1.54) is 19.3 Å². The van der Waals surface area contributed by atoms with Gasteiger partial charge in [-0.15, -0.1) is 0 Å². The second kappa shape index (κ2) is 5.00. The van der Waals surface area contributed by atoms with E-state index in [1.54, 1.807) is 0 Å². The summed E-state index contributed by atoms with van der Waals surface area (Å²) >= 11 is 0. The summed E-state index contributed by atoms with van der Waals surface area (Å²) in [6.07, 6.45) is 4.88. The molecule has 5 nitrogen and oxygen atoms in total. The van der Waals surface area contributed by atoms with Gasteiger partial charge in [0.1, 0.15) is 5.52 Å². The molecule has 0 fully saturated rings. The maximum Gasteiger partial charge on any atom is 0.202 e. The third kappa shape index (κ3) is 2.09. The number of anilines is 1. The zero-order valence-corrected chi connectivity index (χ0v) is 11.8. The quantitative estimate of drug-likeness (QED) is 0.829. The Kier molecular flexibility index (Phi) is 3.59. The molecule has 0 spiro atoms. The van der Waals surface area contributed by atoms with Crippen LogP contribution >= 0.6 is 0 Å². The molecule has 0 aromatic carbocycles. The number of aryl methyl sites for hydroxylation is 2. The molecule has 0 saturated heterocycles. The summed E-state index contributed by atoms with van der Waals surface area (Å²) in [7, 11) is 1.95. The number of hydrogen-bond acceptors (Lipinski definition) is 3. The Labute approximate surface area is 108 Å². The molecule has 0 amide bonds. The van der Waals surface area contributed by atoms with Crippen LogP contribution < -0.4 is 5.73 Å². The first-order chi connectivity index (χ1) is 8.56. The first kappa shape index (κ1) is 12.9. The van der Waals surface area contributed by atoms with Crippen molar-refractivity contribution in [3.8, 4) is 0 Å². The maximum absolute atomic E-state index is 6.05. The molecule has 2 heterocycles. The van der Waals surface area contributed by atoms with Crippen LogP contribution in [0.2, 0.25) is 0 Å². The first-order valence-corrected chi connectivity index (χ1v) is 6.73. The van der Waals surface area contributed by atoms with E-state index in [-0.39, 0.29) is 0 Å². The monoisotopic (exact) mass is 249 g/mol. The molecule has 0 bridgehead atoms. The van der Waals surface area contributed by atoms with Gasteiger partial charge in [-0.3, -0.25) is 9.25 Å². The van der Waals surface area contributed by atoms with E-state index in [2.05, 4.69) is 28.5 Å². The molecule has 0 aliphatic rings. The van der Waals surface area contributed by atoms with Crippen LogP contribution in [0.15, 0.2) is 0 Å². The highest BCUT2D eigenvalue weighted by Gasteiger charge is 2.19. The Morgan fingerprint density at radius 1 is 1.33 bits per heavy atom. The van der Waals surface area contributed by atoms with E-state index in [4.69, 9.17) is 5.73 Å². The van der Waals surface area contributed by atoms with E-state index in [1.807, 2.05) is 18.7 Å². The lowest BCUT2D eigenvalue weighted by molar-refractivity contribution is 0.484. The van der Waals surface area contributed by atoms with Crippen molar-refractivity contribution in [2.75, 3.05) is 5.73 Å². The van der Waals surface area contributed by atoms with Crippen molar-refractivity contribution in [3.63, 3.8) is 0 Å². The molecule has 2 rings (SSSR count). The van der Waals surface area contributed by atoms with Crippen molar-refractivity contribution >= 4 is 17.1 Å². The van der Waals surface area contributed by atoms with Crippen molar-refractivity contribution in [1.29, 1.82) is 0 Å². The van der Waals surface area contributed by atoms with Gasteiger partial charge in [-0.1, -0.05) is 26.2 Å². The zero-order valence-electron chi connectivity index (χ0n) is 11.8. The SMILES string of the molecule is CCCCCC(C)n1c(N)nc2c(C)nn(C)c21. The molecule has 1 unspecified atom stereocenters. The van der Waals surface area contributed by atoms with Crippen molar-refractivity contribution in [2.45, 2.75) is 52.5 Å². The predicted octanol–water partition coefficient (Wildman–Crippen LogP) is 2.80. The lowest BCUT2D eigenvalue weighted by Crippen LogP contribution is -2.11. The van der Waals surface area contributed by atoms with Gasteiger partial charge in [0.15, 0.2) is 5.65 Å². The Balaban J connectivity index is 2.34. The zero-order chi connectivity index (χ0) is 13.3. The van der Waals surface area contributed by atoms with Crippen LogP contribution in [-0.2, 0) is 7.05 Å². The largest absolute Gasteiger partial charge is 0.369 e. The Morgan fingerprint density at radius 3 is 2.72 bits per heavy atom. The van der Waals surface area contributed by atoms with Crippen LogP contribution in [0.1, 0.15) is 51.3 Å². The van der Waals surface area contributed by atoms with Crippen LogP contribution in [0, 0.1) is 6.92 Å². The minimum absolute atomic E-state index is 0.372. The molecule has 0 saturated carbocycles. The fourth-order valence-electron chi connectivity index (χ4n) is 2.57. The molecule has 2 aromatic rings. The topological polar surface area (TPSA) is 61.7 Å². The van der Waals surface area contributed by atoms with Crippen LogP contribution in [0.25, 0.3) is 11.2 Å². The predicted molar refractivity (Wildman–Crippen MR) is 74.5 cm³/mol. The second-order valence-corrected chi connectivity index (χ2v) is 5.07. The lowest BCUT2D eigenvalue weighted by Gasteiger charge is -2.15. The van der Waals surface area contributed by atoms with Gasteiger partial charge in [0, 0.05) is 13.1 Å². The molecule has 5 heteroatoms. The first-order valence-electron chi connectivity index (χ1n) is 6.73. The second-order valence-electron chi connectivity index (χ2n) is 5.07. The van der Waals surface area contributed by atoms with Gasteiger partial charge in [-0.2, -0.15) is 5.10 Å². The fourth-order valence-corrected chi connectivity index (χ4v) is 2.57. The van der Waals surface area contributed by atoms with Crippen LogP contribution in [0.5, 0.6) is 0 Å². The molecule has 2 aromatic heterocycles. The van der Waals surface area contributed by atoms with Crippen LogP contribution in [0.3, 0.4) is 0 Å². The van der Waals surface area contributed by atoms with Crippen molar-refractivity contribution < 1.29 is 0 Å². The highest BCUT2D eigenvalue weighted by molar-refractivity contribution is 5.77. The third-order valence-electron chi connectivity index (χ3n) is 3.53. The molecule has 1 atom stereocenters. The number of nitrogen functional groups attached to an aromatic ring is 1. The van der Waals surface area contributed by atoms with E-state index < -0.39 is 0 Å². The highest BCUT2D eigenvalue weighted by atomic mass is 15.4. The minimum atomic E-state index is 0.372. The van der Waals surface area contributed by atoms with Gasteiger partial charge in [0.05, 0.1) is 5.69 Å². The summed E-state index contributed by atoms with van der Waals surface area (Å²) in [5.41, 5.74) is 8.96. The summed E-state index contributed by atoms with van der Waals surface area (Å²) in [5, 5.41) is 4.41. The average Bonchev–Trinajstić information content (AvgIpc) is 2.78. The summed E-state index contributed by atoms with van der Waals surface area (Å²) in [4.78, 5) is 4.44. The van der Waals surface area contributed by atoms with Gasteiger partial charge in [-0.25, -0.2) is 4.98 Å². The lowest BCUT2D eigenvalue weighted by atomic mass is 10.1. The number of hydrogen-bond donors (Lipinski definition) is 1. The number of imidazole rings is 1. The Morgan fingerprint density at radius 2 is 2.06 bits per heavy atom. The average molecular weight is 249 g/mol. The molecule has 0 radical (unpaired) electrons. The highest BCUT2D eigenvalue weighted by Crippen LogP contribution is 2.27. The number of fused-ring (bicyclic) bond motifs is 1. The van der Waals surface area contributed by atoms with E-state index >= 15 is 0 Å². The molecule has 0 aliphatic carbocycles. The van der Waals surface area contributed by atoms with Gasteiger partial charge in [0.25, 0.3) is 0 Å². The number of nitrogens with two attached hydrogens (primary N) is 1. The normalized spacial score (nSPS) is 13.3. The Bertz CT molecular complexity index is 537. The number of nitrogens with zero attached hydrogens (tertiary/aromatic N) is 4. The smallest absolute Gasteiger partial charge is 0.202 e. The molecule has 2 N–H and O–H groups in total. The molecule has 100 valence electrons. The Hall–Kier alpha value is -1.52. The van der Waals surface area contributed by atoms with Gasteiger partial charge >= 0.3 is 0 Å². The minimum Gasteiger partial charge on any atom is -0.369 e. The van der Waals surface area contributed by atoms with Crippen molar-refractivity contribution in [1.82, 2.24) is 19.3 Å². The van der Waals surface area contributed by atoms with Crippen molar-refractivity contribution in [2.24, 2.45) is 7.05 Å². The summed E-state index contributed by atoms with van der Waals surface area (Å²) in [6.45, 7) is 6.40. The van der Waals surface area contributed by atoms with E-state index in [9.17, 15) is 0 Å². The summed E-state index contributed by atoms with van der Waals surface area (Å²) < 4.78 is 4.00. The van der Waals surface area contributed by atoms with Crippen LogP contribution in [-0.4, -0.2) is 19.3 Å². The van der Waals surface area contributed by atoms with Crippen LogP contribution in [0.4, 0.5) is 5.95 Å². The van der Waals surface area contributed by atoms with E-state index in [0.717, 1.165) is 23.3 Å². The van der Waals surface area contributed by atoms with Gasteiger partial charge in [-0.05, 0) is 20.3 Å². The standard InChI is InChI=1S/C13H23N5/c1-5-6-7-8-9(2)18-12-11(15-13(18)14)10(3)16-17(12)4/h9H,5-8H2,1-4H3,(H2,14,15). The van der Waals surface area contributed by atoms with Crippen molar-refractivity contribution in [3.05, 3.63) is 5.69 Å². The van der Waals surface area contributed by atoms with Gasteiger partial charge in [0.2, 0.25) is 5.95 Å². The molecule has 0 aliphatic heterocycles. The van der Waals surface area contributed by atoms with E-state index in [0.29, 0.717) is 12.0 Å².